The number of carbonyl (C=O) groups is 1. The molecule has 0 spiro atoms. The summed E-state index contributed by atoms with van der Waals surface area (Å²) in [5.74, 6) is -0.685. The van der Waals surface area contributed by atoms with Crippen LogP contribution in [0.1, 0.15) is 19.3 Å². The van der Waals surface area contributed by atoms with Gasteiger partial charge in [-0.2, -0.15) is 0 Å². The molecule has 0 bridgehead atoms. The monoisotopic (exact) mass is 365 g/mol. The number of amides is 1. The number of benzene rings is 1. The third kappa shape index (κ3) is 6.42. The smallest absolute Gasteiger partial charge is 0.240 e. The molecule has 23 heavy (non-hydrogen) atoms. The maximum absolute atomic E-state index is 12.8. The van der Waals surface area contributed by atoms with Crippen molar-refractivity contribution >= 4 is 28.3 Å². The van der Waals surface area contributed by atoms with E-state index in [2.05, 4.69) is 15.4 Å². The van der Waals surface area contributed by atoms with Crippen molar-refractivity contribution in [3.63, 3.8) is 0 Å². The van der Waals surface area contributed by atoms with E-state index in [1.54, 1.807) is 0 Å². The molecule has 6 nitrogen and oxygen atoms in total. The normalized spacial score (nSPS) is 18.0. The van der Waals surface area contributed by atoms with Crippen molar-refractivity contribution in [3.8, 4) is 0 Å². The van der Waals surface area contributed by atoms with E-state index in [0.717, 1.165) is 38.1 Å². The van der Waals surface area contributed by atoms with Crippen LogP contribution in [-0.2, 0) is 14.8 Å². The van der Waals surface area contributed by atoms with Gasteiger partial charge in [0.1, 0.15) is 5.82 Å². The number of hydrogen-bond donors (Lipinski definition) is 3. The highest BCUT2D eigenvalue weighted by Gasteiger charge is 2.17. The van der Waals surface area contributed by atoms with Crippen LogP contribution in [0.15, 0.2) is 29.2 Å². The summed E-state index contributed by atoms with van der Waals surface area (Å²) in [6.07, 6.45) is 2.01. The summed E-state index contributed by atoms with van der Waals surface area (Å²) in [7, 11) is -3.71. The minimum absolute atomic E-state index is 0. The molecule has 1 heterocycles. The third-order valence-corrected chi connectivity index (χ3v) is 4.91. The lowest BCUT2D eigenvalue weighted by Crippen LogP contribution is -2.46. The lowest BCUT2D eigenvalue weighted by Gasteiger charge is -2.23. The molecule has 1 amide bonds. The van der Waals surface area contributed by atoms with Crippen LogP contribution in [0.2, 0.25) is 0 Å². The van der Waals surface area contributed by atoms with E-state index in [4.69, 9.17) is 0 Å². The molecule has 0 aliphatic carbocycles. The van der Waals surface area contributed by atoms with E-state index >= 15 is 0 Å². The van der Waals surface area contributed by atoms with Gasteiger partial charge < -0.3 is 10.6 Å². The average Bonchev–Trinajstić information content (AvgIpc) is 2.48. The summed E-state index contributed by atoms with van der Waals surface area (Å²) in [6.45, 7) is 1.71. The molecule has 0 radical (unpaired) electrons. The second-order valence-electron chi connectivity index (χ2n) is 5.21. The van der Waals surface area contributed by atoms with Gasteiger partial charge in [-0.05, 0) is 43.7 Å². The topological polar surface area (TPSA) is 87.3 Å². The van der Waals surface area contributed by atoms with Gasteiger partial charge in [-0.1, -0.05) is 0 Å². The largest absolute Gasteiger partial charge is 0.352 e. The highest BCUT2D eigenvalue weighted by atomic mass is 35.5. The minimum atomic E-state index is -3.71. The molecule has 1 atom stereocenters. The molecule has 1 saturated heterocycles. The molecule has 2 rings (SSSR count). The second kappa shape index (κ2) is 9.17. The summed E-state index contributed by atoms with van der Waals surface area (Å²) in [5, 5.41) is 6.06. The predicted molar refractivity (Wildman–Crippen MR) is 87.5 cm³/mol. The third-order valence-electron chi connectivity index (χ3n) is 3.43. The van der Waals surface area contributed by atoms with Crippen LogP contribution in [0.25, 0.3) is 0 Å². The number of hydrogen-bond acceptors (Lipinski definition) is 4. The number of sulfonamides is 1. The maximum Gasteiger partial charge on any atom is 0.240 e. The lowest BCUT2D eigenvalue weighted by atomic mass is 10.1. The first-order valence-electron chi connectivity index (χ1n) is 7.23. The van der Waals surface area contributed by atoms with Gasteiger partial charge in [0.2, 0.25) is 15.9 Å². The minimum Gasteiger partial charge on any atom is -0.352 e. The van der Waals surface area contributed by atoms with Crippen molar-refractivity contribution in [1.82, 2.24) is 15.4 Å². The van der Waals surface area contributed by atoms with Crippen LogP contribution < -0.4 is 15.4 Å². The van der Waals surface area contributed by atoms with Gasteiger partial charge >= 0.3 is 0 Å². The first-order chi connectivity index (χ1) is 10.5. The Hall–Kier alpha value is -1.22. The van der Waals surface area contributed by atoms with E-state index < -0.39 is 15.8 Å². The highest BCUT2D eigenvalue weighted by molar-refractivity contribution is 7.89. The summed E-state index contributed by atoms with van der Waals surface area (Å²) in [4.78, 5) is 11.7. The Labute approximate surface area is 141 Å². The zero-order valence-corrected chi connectivity index (χ0v) is 14.2. The summed E-state index contributed by atoms with van der Waals surface area (Å²) < 4.78 is 39.0. The molecular weight excluding hydrogens is 345 g/mol. The van der Waals surface area contributed by atoms with E-state index in [0.29, 0.717) is 0 Å². The Balaban J connectivity index is 0.00000264. The second-order valence-corrected chi connectivity index (χ2v) is 6.98. The van der Waals surface area contributed by atoms with Gasteiger partial charge in [0.25, 0.3) is 0 Å². The average molecular weight is 366 g/mol. The highest BCUT2D eigenvalue weighted by Crippen LogP contribution is 2.09. The van der Waals surface area contributed by atoms with Crippen molar-refractivity contribution in [2.75, 3.05) is 19.6 Å². The van der Waals surface area contributed by atoms with Crippen LogP contribution in [-0.4, -0.2) is 40.0 Å². The Kier molecular flexibility index (Phi) is 7.90. The molecule has 1 fully saturated rings. The molecule has 1 aromatic rings. The molecule has 1 aliphatic rings. The number of halogens is 2. The summed E-state index contributed by atoms with van der Waals surface area (Å²) >= 11 is 0. The zero-order chi connectivity index (χ0) is 16.0. The van der Waals surface area contributed by atoms with Crippen molar-refractivity contribution in [1.29, 1.82) is 0 Å². The van der Waals surface area contributed by atoms with Gasteiger partial charge in [0, 0.05) is 25.6 Å². The first-order valence-corrected chi connectivity index (χ1v) is 8.71. The quantitative estimate of drug-likeness (QED) is 0.695. The van der Waals surface area contributed by atoms with Crippen LogP contribution >= 0.6 is 12.4 Å². The molecule has 9 heteroatoms. The van der Waals surface area contributed by atoms with E-state index in [-0.39, 0.29) is 42.2 Å². The maximum atomic E-state index is 12.8. The molecule has 3 N–H and O–H groups in total. The van der Waals surface area contributed by atoms with Gasteiger partial charge in [-0.25, -0.2) is 17.5 Å². The van der Waals surface area contributed by atoms with E-state index in [9.17, 15) is 17.6 Å². The molecule has 130 valence electrons. The lowest BCUT2D eigenvalue weighted by molar-refractivity contribution is -0.121. The molecular formula is C14H21ClFN3O3S. The van der Waals surface area contributed by atoms with Crippen LogP contribution in [0.3, 0.4) is 0 Å². The predicted octanol–water partition coefficient (Wildman–Crippen LogP) is 0.784. The molecule has 1 aliphatic heterocycles. The van der Waals surface area contributed by atoms with Crippen molar-refractivity contribution < 1.29 is 17.6 Å². The number of nitrogens with one attached hydrogen (secondary N) is 3. The van der Waals surface area contributed by atoms with E-state index in [1.807, 2.05) is 0 Å². The van der Waals surface area contributed by atoms with Gasteiger partial charge in [-0.3, -0.25) is 4.79 Å². The fourth-order valence-electron chi connectivity index (χ4n) is 2.27. The number of rotatable bonds is 6. The molecule has 0 saturated carbocycles. The Morgan fingerprint density at radius 2 is 2.00 bits per heavy atom. The van der Waals surface area contributed by atoms with Crippen molar-refractivity contribution in [3.05, 3.63) is 30.1 Å². The molecule has 1 aromatic carbocycles. The van der Waals surface area contributed by atoms with Gasteiger partial charge in [0.15, 0.2) is 0 Å². The fraction of sp³-hybridized carbons (Fsp3) is 0.500. The van der Waals surface area contributed by atoms with Crippen LogP contribution in [0.4, 0.5) is 4.39 Å². The Bertz CT molecular complexity index is 604. The van der Waals surface area contributed by atoms with Crippen LogP contribution in [0.5, 0.6) is 0 Å². The van der Waals surface area contributed by atoms with Crippen molar-refractivity contribution in [2.45, 2.75) is 30.2 Å². The number of piperidine rings is 1. The Morgan fingerprint density at radius 3 is 2.61 bits per heavy atom. The standard InChI is InChI=1S/C14H20FN3O3S.ClH/c15-11-3-5-13(6-4-11)22(20,21)17-9-7-14(19)18-12-2-1-8-16-10-12;/h3-6,12,16-17H,1-2,7-10H2,(H,18,19);1H. The molecule has 1 unspecified atom stereocenters. The first kappa shape index (κ1) is 19.8. The zero-order valence-electron chi connectivity index (χ0n) is 12.5. The SMILES string of the molecule is Cl.O=C(CCNS(=O)(=O)c1ccc(F)cc1)NC1CCCNC1. The summed E-state index contributed by atoms with van der Waals surface area (Å²) in [5.41, 5.74) is 0. The number of carbonyl (C=O) groups excluding carboxylic acids is 1. The Morgan fingerprint density at radius 1 is 1.30 bits per heavy atom. The van der Waals surface area contributed by atoms with Crippen LogP contribution in [0, 0.1) is 5.82 Å². The van der Waals surface area contributed by atoms with Gasteiger partial charge in [0.05, 0.1) is 4.90 Å². The van der Waals surface area contributed by atoms with Gasteiger partial charge in [-0.15, -0.1) is 12.4 Å². The van der Waals surface area contributed by atoms with E-state index in [1.165, 1.54) is 12.1 Å². The molecule has 0 aromatic heterocycles. The fourth-order valence-corrected chi connectivity index (χ4v) is 3.30. The summed E-state index contributed by atoms with van der Waals surface area (Å²) in [6, 6.07) is 4.64. The van der Waals surface area contributed by atoms with Crippen molar-refractivity contribution in [2.24, 2.45) is 0 Å².